The summed E-state index contributed by atoms with van der Waals surface area (Å²) in [7, 11) is 1.56. The first-order valence-corrected chi connectivity index (χ1v) is 6.87. The lowest BCUT2D eigenvalue weighted by Crippen LogP contribution is -2.81. The van der Waals surface area contributed by atoms with Gasteiger partial charge in [0.15, 0.2) is 0 Å². The molecule has 0 unspecified atom stereocenters. The van der Waals surface area contributed by atoms with Gasteiger partial charge >= 0.3 is 0 Å². The molecule has 3 aliphatic heterocycles. The summed E-state index contributed by atoms with van der Waals surface area (Å²) in [5.74, 6) is -0.282. The molecule has 0 aromatic rings. The summed E-state index contributed by atoms with van der Waals surface area (Å²) in [6, 6.07) is 0.0688. The number of hydrogen-bond acceptors (Lipinski definition) is 5. The lowest BCUT2D eigenvalue weighted by Gasteiger charge is -2.59. The van der Waals surface area contributed by atoms with Crippen LogP contribution < -0.4 is 0 Å². The third kappa shape index (κ3) is 1.60. The van der Waals surface area contributed by atoms with E-state index in [0.29, 0.717) is 32.1 Å². The van der Waals surface area contributed by atoms with Gasteiger partial charge in [-0.1, -0.05) is 0 Å². The molecule has 6 nitrogen and oxygen atoms in total. The van der Waals surface area contributed by atoms with Gasteiger partial charge in [0.2, 0.25) is 5.91 Å². The molecule has 3 heterocycles. The molecule has 1 spiro atoms. The predicted molar refractivity (Wildman–Crippen MR) is 68.3 cm³/mol. The Hall–Kier alpha value is -0.980. The number of likely N-dealkylation sites (tertiary alicyclic amines) is 1. The topological polar surface area (TPSA) is 64.1 Å². The van der Waals surface area contributed by atoms with Gasteiger partial charge in [0.05, 0.1) is 12.1 Å². The Morgan fingerprint density at radius 1 is 1.32 bits per heavy atom. The van der Waals surface area contributed by atoms with E-state index < -0.39 is 11.6 Å². The number of rotatable bonds is 1. The highest BCUT2D eigenvalue weighted by molar-refractivity contribution is 6.05. The molecular formula is C13H21N3O3. The number of amides is 2. The molecule has 3 aliphatic rings. The number of β-amino-alcohol motifs (C(OH)–C–C–N with tert-alkyl or cyclic N) is 1. The molecule has 0 aliphatic carbocycles. The van der Waals surface area contributed by atoms with Crippen molar-refractivity contribution in [3.05, 3.63) is 0 Å². The quantitative estimate of drug-likeness (QED) is 0.610. The van der Waals surface area contributed by atoms with Gasteiger partial charge in [-0.25, -0.2) is 0 Å². The monoisotopic (exact) mass is 267 g/mol. The van der Waals surface area contributed by atoms with Gasteiger partial charge in [-0.15, -0.1) is 0 Å². The minimum absolute atomic E-state index is 0.111. The van der Waals surface area contributed by atoms with E-state index in [2.05, 4.69) is 18.7 Å². The number of aliphatic hydroxyl groups excluding tert-OH is 1. The SMILES string of the molecule is CC(C)N1CC2(C1)C(=O)N(C)C(=O)[C@@H]1C[C@@H](O)CN12. The normalized spacial score (nSPS) is 35.1. The minimum atomic E-state index is -0.588. The maximum absolute atomic E-state index is 12.5. The Kier molecular flexibility index (Phi) is 2.75. The molecule has 2 atom stereocenters. The molecule has 1 N–H and O–H groups in total. The molecule has 6 heteroatoms. The predicted octanol–water partition coefficient (Wildman–Crippen LogP) is -1.12. The second-order valence-electron chi connectivity index (χ2n) is 6.29. The Balaban J connectivity index is 1.91. The van der Waals surface area contributed by atoms with Crippen molar-refractivity contribution in [3.63, 3.8) is 0 Å². The number of carbonyl (C=O) groups excluding carboxylic acids is 2. The van der Waals surface area contributed by atoms with E-state index in [0.717, 1.165) is 0 Å². The Morgan fingerprint density at radius 2 is 1.95 bits per heavy atom. The number of imide groups is 1. The van der Waals surface area contributed by atoms with Crippen LogP contribution in [-0.2, 0) is 9.59 Å². The molecule has 19 heavy (non-hydrogen) atoms. The molecule has 2 amide bonds. The molecule has 3 saturated heterocycles. The summed E-state index contributed by atoms with van der Waals surface area (Å²) in [4.78, 5) is 30.1. The summed E-state index contributed by atoms with van der Waals surface area (Å²) in [6.07, 6.45) is -0.0573. The number of fused-ring (bicyclic) bond motifs is 2. The Bertz CT molecular complexity index is 431. The first-order chi connectivity index (χ1) is 8.86. The fourth-order valence-electron chi connectivity index (χ4n) is 3.59. The highest BCUT2D eigenvalue weighted by Gasteiger charge is 2.63. The van der Waals surface area contributed by atoms with Crippen molar-refractivity contribution in [2.45, 2.75) is 44.0 Å². The van der Waals surface area contributed by atoms with Crippen LogP contribution in [0, 0.1) is 0 Å². The number of likely N-dealkylation sites (N-methyl/N-ethyl adjacent to an activating group) is 1. The van der Waals surface area contributed by atoms with Crippen LogP contribution in [0.2, 0.25) is 0 Å². The van der Waals surface area contributed by atoms with E-state index >= 15 is 0 Å². The van der Waals surface area contributed by atoms with Crippen LogP contribution in [-0.4, -0.2) is 82.0 Å². The standard InChI is InChI=1S/C13H21N3O3/c1-8(2)15-6-13(7-15)12(19)14(3)11(18)10-4-9(17)5-16(10)13/h8-10,17H,4-7H2,1-3H3/t9-,10+/m1/s1. The van der Waals surface area contributed by atoms with Crippen molar-refractivity contribution in [2.75, 3.05) is 26.7 Å². The van der Waals surface area contributed by atoms with Crippen LogP contribution in [0.3, 0.4) is 0 Å². The second kappa shape index (κ2) is 4.01. The number of piperazine rings is 1. The highest BCUT2D eigenvalue weighted by atomic mass is 16.3. The fraction of sp³-hybridized carbons (Fsp3) is 0.846. The first-order valence-electron chi connectivity index (χ1n) is 6.87. The van der Waals surface area contributed by atoms with Crippen LogP contribution in [0.1, 0.15) is 20.3 Å². The van der Waals surface area contributed by atoms with Crippen LogP contribution in [0.4, 0.5) is 0 Å². The van der Waals surface area contributed by atoms with Crippen molar-refractivity contribution in [1.29, 1.82) is 0 Å². The first kappa shape index (κ1) is 13.0. The smallest absolute Gasteiger partial charge is 0.252 e. The summed E-state index contributed by atoms with van der Waals surface area (Å²) in [5, 5.41) is 9.84. The molecule has 3 fully saturated rings. The lowest BCUT2D eigenvalue weighted by molar-refractivity contribution is -0.179. The van der Waals surface area contributed by atoms with Crippen LogP contribution in [0.15, 0.2) is 0 Å². The van der Waals surface area contributed by atoms with Crippen LogP contribution >= 0.6 is 0 Å². The van der Waals surface area contributed by atoms with E-state index in [1.54, 1.807) is 7.05 Å². The second-order valence-corrected chi connectivity index (χ2v) is 6.29. The van der Waals surface area contributed by atoms with Gasteiger partial charge in [-0.2, -0.15) is 0 Å². The average molecular weight is 267 g/mol. The van der Waals surface area contributed by atoms with Gasteiger partial charge in [0.1, 0.15) is 5.54 Å². The third-order valence-electron chi connectivity index (χ3n) is 4.81. The van der Waals surface area contributed by atoms with E-state index in [1.807, 2.05) is 4.90 Å². The van der Waals surface area contributed by atoms with Gasteiger partial charge in [0, 0.05) is 32.7 Å². The Morgan fingerprint density at radius 3 is 2.53 bits per heavy atom. The molecular weight excluding hydrogens is 246 g/mol. The van der Waals surface area contributed by atoms with Crippen LogP contribution in [0.5, 0.6) is 0 Å². The fourth-order valence-corrected chi connectivity index (χ4v) is 3.59. The van der Waals surface area contributed by atoms with E-state index in [-0.39, 0.29) is 17.9 Å². The summed E-state index contributed by atoms with van der Waals surface area (Å²) in [6.45, 7) is 5.95. The zero-order valence-corrected chi connectivity index (χ0v) is 11.7. The van der Waals surface area contributed by atoms with Gasteiger partial charge in [-0.3, -0.25) is 24.3 Å². The average Bonchev–Trinajstić information content (AvgIpc) is 2.66. The van der Waals surface area contributed by atoms with E-state index in [9.17, 15) is 14.7 Å². The lowest BCUT2D eigenvalue weighted by atomic mass is 9.82. The summed E-state index contributed by atoms with van der Waals surface area (Å²) >= 11 is 0. The van der Waals surface area contributed by atoms with Crippen molar-refractivity contribution in [3.8, 4) is 0 Å². The molecule has 0 aromatic carbocycles. The van der Waals surface area contributed by atoms with E-state index in [4.69, 9.17) is 0 Å². The molecule has 0 radical (unpaired) electrons. The molecule has 3 rings (SSSR count). The van der Waals surface area contributed by atoms with Crippen molar-refractivity contribution in [1.82, 2.24) is 14.7 Å². The number of hydrogen-bond donors (Lipinski definition) is 1. The van der Waals surface area contributed by atoms with Gasteiger partial charge in [-0.05, 0) is 20.3 Å². The highest BCUT2D eigenvalue weighted by Crippen LogP contribution is 2.40. The van der Waals surface area contributed by atoms with Crippen molar-refractivity contribution in [2.24, 2.45) is 0 Å². The zero-order valence-electron chi connectivity index (χ0n) is 11.7. The minimum Gasteiger partial charge on any atom is -0.392 e. The maximum atomic E-state index is 12.5. The van der Waals surface area contributed by atoms with Crippen LogP contribution in [0.25, 0.3) is 0 Å². The molecule has 0 aromatic heterocycles. The number of carbonyl (C=O) groups is 2. The number of nitrogens with zero attached hydrogens (tertiary/aromatic N) is 3. The Labute approximate surface area is 112 Å². The zero-order chi connectivity index (χ0) is 13.9. The molecule has 106 valence electrons. The van der Waals surface area contributed by atoms with Crippen molar-refractivity contribution >= 4 is 11.8 Å². The van der Waals surface area contributed by atoms with Crippen molar-refractivity contribution < 1.29 is 14.7 Å². The van der Waals surface area contributed by atoms with Gasteiger partial charge < -0.3 is 5.11 Å². The van der Waals surface area contributed by atoms with E-state index in [1.165, 1.54) is 4.90 Å². The maximum Gasteiger partial charge on any atom is 0.252 e. The van der Waals surface area contributed by atoms with Gasteiger partial charge in [0.25, 0.3) is 5.91 Å². The third-order valence-corrected chi connectivity index (χ3v) is 4.81. The molecule has 0 saturated carbocycles. The molecule has 0 bridgehead atoms. The number of aliphatic hydroxyl groups is 1. The summed E-state index contributed by atoms with van der Waals surface area (Å²) in [5.41, 5.74) is -0.588. The largest absolute Gasteiger partial charge is 0.392 e. The summed E-state index contributed by atoms with van der Waals surface area (Å²) < 4.78 is 0.